The molecule has 4 heteroatoms. The Morgan fingerprint density at radius 1 is 1.38 bits per heavy atom. The molecule has 0 amide bonds. The number of hydrogen-bond acceptors (Lipinski definition) is 0. The van der Waals surface area contributed by atoms with Gasteiger partial charge in [-0.2, -0.15) is 0 Å². The molecule has 0 aliphatic heterocycles. The van der Waals surface area contributed by atoms with Gasteiger partial charge in [0.25, 0.3) is 0 Å². The second-order valence-corrected chi connectivity index (χ2v) is 3.45. The maximum Gasteiger partial charge on any atom is 0.160 e. The minimum Gasteiger partial charge on any atom is -0.204 e. The fourth-order valence-corrected chi connectivity index (χ4v) is 1.45. The lowest BCUT2D eigenvalue weighted by Gasteiger charge is -2.05. The Bertz CT molecular complexity index is 350. The predicted molar refractivity (Wildman–Crippen MR) is 54.2 cm³/mol. The first kappa shape index (κ1) is 10.7. The number of hydrogen-bond donors (Lipinski definition) is 0. The zero-order valence-electron chi connectivity index (χ0n) is 6.58. The van der Waals surface area contributed by atoms with Crippen molar-refractivity contribution in [2.45, 2.75) is 0 Å². The van der Waals surface area contributed by atoms with Gasteiger partial charge >= 0.3 is 0 Å². The van der Waals surface area contributed by atoms with Gasteiger partial charge in [-0.25, -0.2) is 8.78 Å². The molecular formula is C9H6BrClF2. The van der Waals surface area contributed by atoms with Crippen LogP contribution in [0.2, 0.25) is 5.02 Å². The lowest BCUT2D eigenvalue weighted by Crippen LogP contribution is -1.91. The highest BCUT2D eigenvalue weighted by Gasteiger charge is 2.09. The number of rotatable bonds is 2. The van der Waals surface area contributed by atoms with Crippen molar-refractivity contribution in [2.24, 2.45) is 0 Å². The van der Waals surface area contributed by atoms with Crippen molar-refractivity contribution >= 4 is 33.1 Å². The molecule has 0 aliphatic carbocycles. The van der Waals surface area contributed by atoms with E-state index in [4.69, 9.17) is 11.6 Å². The summed E-state index contributed by atoms with van der Waals surface area (Å²) < 4.78 is 25.4. The summed E-state index contributed by atoms with van der Waals surface area (Å²) in [6, 6.07) is 1.99. The molecule has 0 unspecified atom stereocenters. The monoisotopic (exact) mass is 266 g/mol. The summed E-state index contributed by atoms with van der Waals surface area (Å²) in [6.45, 7) is 3.65. The normalized spacial score (nSPS) is 10.2. The van der Waals surface area contributed by atoms with Crippen LogP contribution in [0, 0.1) is 11.6 Å². The molecule has 0 radical (unpaired) electrons. The average Bonchev–Trinajstić information content (AvgIpc) is 2.10. The van der Waals surface area contributed by atoms with E-state index in [1.165, 1.54) is 0 Å². The Morgan fingerprint density at radius 2 is 1.92 bits per heavy atom. The van der Waals surface area contributed by atoms with E-state index in [1.807, 2.05) is 0 Å². The second kappa shape index (κ2) is 4.20. The first-order valence-electron chi connectivity index (χ1n) is 3.45. The maximum absolute atomic E-state index is 12.8. The van der Waals surface area contributed by atoms with Crippen molar-refractivity contribution in [3.8, 4) is 0 Å². The third kappa shape index (κ3) is 2.29. The van der Waals surface area contributed by atoms with Crippen LogP contribution in [0.3, 0.4) is 0 Å². The lowest BCUT2D eigenvalue weighted by molar-refractivity contribution is 0.508. The zero-order valence-corrected chi connectivity index (χ0v) is 8.92. The summed E-state index contributed by atoms with van der Waals surface area (Å²) in [4.78, 5) is 0. The smallest absolute Gasteiger partial charge is 0.160 e. The summed E-state index contributed by atoms with van der Waals surface area (Å²) in [7, 11) is 0. The second-order valence-electron chi connectivity index (χ2n) is 2.48. The topological polar surface area (TPSA) is 0 Å². The SMILES string of the molecule is C=C(CBr)c1cc(F)c(F)cc1Cl. The standard InChI is InChI=1S/C9H6BrClF2/c1-5(4-10)6-2-8(12)9(13)3-7(6)11/h2-3H,1,4H2. The van der Waals surface area contributed by atoms with Crippen LogP contribution in [0.25, 0.3) is 5.57 Å². The van der Waals surface area contributed by atoms with Crippen molar-refractivity contribution in [1.29, 1.82) is 0 Å². The summed E-state index contributed by atoms with van der Waals surface area (Å²) >= 11 is 8.84. The molecule has 1 rings (SSSR count). The molecule has 0 spiro atoms. The van der Waals surface area contributed by atoms with Crippen LogP contribution < -0.4 is 0 Å². The number of alkyl halides is 1. The molecule has 0 N–H and O–H groups in total. The van der Waals surface area contributed by atoms with Gasteiger partial charge in [-0.1, -0.05) is 34.1 Å². The van der Waals surface area contributed by atoms with Gasteiger partial charge in [0.1, 0.15) is 0 Å². The third-order valence-electron chi connectivity index (χ3n) is 1.55. The van der Waals surface area contributed by atoms with Crippen molar-refractivity contribution in [2.75, 3.05) is 5.33 Å². The predicted octanol–water partition coefficient (Wildman–Crippen LogP) is 4.03. The molecule has 0 nitrogen and oxygen atoms in total. The van der Waals surface area contributed by atoms with Crippen molar-refractivity contribution in [1.82, 2.24) is 0 Å². The van der Waals surface area contributed by atoms with E-state index in [-0.39, 0.29) is 5.02 Å². The first-order valence-corrected chi connectivity index (χ1v) is 4.95. The van der Waals surface area contributed by atoms with Crippen LogP contribution in [0.15, 0.2) is 18.7 Å². The molecule has 0 heterocycles. The van der Waals surface area contributed by atoms with E-state index in [9.17, 15) is 8.78 Å². The molecule has 0 bridgehead atoms. The molecule has 0 atom stereocenters. The molecule has 0 saturated heterocycles. The molecule has 70 valence electrons. The van der Waals surface area contributed by atoms with E-state index in [0.29, 0.717) is 16.5 Å². The van der Waals surface area contributed by atoms with Gasteiger partial charge in [0.05, 0.1) is 5.02 Å². The molecular weight excluding hydrogens is 261 g/mol. The number of benzene rings is 1. The van der Waals surface area contributed by atoms with Gasteiger partial charge in [-0.05, 0) is 23.3 Å². The van der Waals surface area contributed by atoms with E-state index in [0.717, 1.165) is 12.1 Å². The van der Waals surface area contributed by atoms with Crippen LogP contribution in [-0.4, -0.2) is 5.33 Å². The molecule has 0 saturated carbocycles. The zero-order chi connectivity index (χ0) is 10.0. The van der Waals surface area contributed by atoms with E-state index in [2.05, 4.69) is 22.5 Å². The van der Waals surface area contributed by atoms with Crippen LogP contribution >= 0.6 is 27.5 Å². The molecule has 13 heavy (non-hydrogen) atoms. The molecule has 1 aromatic carbocycles. The highest BCUT2D eigenvalue weighted by atomic mass is 79.9. The van der Waals surface area contributed by atoms with Crippen LogP contribution in [0.4, 0.5) is 8.78 Å². The Morgan fingerprint density at radius 3 is 2.46 bits per heavy atom. The Kier molecular flexibility index (Phi) is 3.45. The van der Waals surface area contributed by atoms with Gasteiger partial charge < -0.3 is 0 Å². The summed E-state index contributed by atoms with van der Waals surface area (Å²) in [6.07, 6.45) is 0. The van der Waals surface area contributed by atoms with Crippen molar-refractivity contribution in [3.05, 3.63) is 40.9 Å². The fraction of sp³-hybridized carbons (Fsp3) is 0.111. The largest absolute Gasteiger partial charge is 0.204 e. The van der Waals surface area contributed by atoms with Gasteiger partial charge in [0, 0.05) is 5.33 Å². The molecule has 0 aromatic heterocycles. The maximum atomic E-state index is 12.8. The average molecular weight is 268 g/mol. The highest BCUT2D eigenvalue weighted by molar-refractivity contribution is 9.09. The van der Waals surface area contributed by atoms with E-state index < -0.39 is 11.6 Å². The van der Waals surface area contributed by atoms with Gasteiger partial charge in [-0.3, -0.25) is 0 Å². The summed E-state index contributed by atoms with van der Waals surface area (Å²) in [5.74, 6) is -1.86. The molecule has 1 aromatic rings. The highest BCUT2D eigenvalue weighted by Crippen LogP contribution is 2.26. The van der Waals surface area contributed by atoms with Crippen molar-refractivity contribution < 1.29 is 8.78 Å². The van der Waals surface area contributed by atoms with Crippen LogP contribution in [0.5, 0.6) is 0 Å². The summed E-state index contributed by atoms with van der Waals surface area (Å²) in [5.41, 5.74) is 1.04. The Balaban J connectivity index is 3.23. The molecule has 0 aliphatic rings. The lowest BCUT2D eigenvalue weighted by atomic mass is 10.1. The summed E-state index contributed by atoms with van der Waals surface area (Å²) in [5, 5.41) is 0.640. The fourth-order valence-electron chi connectivity index (χ4n) is 0.865. The first-order chi connectivity index (χ1) is 6.06. The molecule has 0 fully saturated rings. The van der Waals surface area contributed by atoms with Crippen LogP contribution in [-0.2, 0) is 0 Å². The number of allylic oxidation sites excluding steroid dienone is 1. The Hall–Kier alpha value is -0.410. The van der Waals surface area contributed by atoms with Crippen molar-refractivity contribution in [3.63, 3.8) is 0 Å². The number of halogens is 4. The Labute approximate surface area is 88.3 Å². The minimum atomic E-state index is -0.948. The van der Waals surface area contributed by atoms with E-state index in [1.54, 1.807) is 0 Å². The van der Waals surface area contributed by atoms with E-state index >= 15 is 0 Å². The van der Waals surface area contributed by atoms with Crippen LogP contribution in [0.1, 0.15) is 5.56 Å². The minimum absolute atomic E-state index is 0.170. The van der Waals surface area contributed by atoms with Gasteiger partial charge in [-0.15, -0.1) is 0 Å². The van der Waals surface area contributed by atoms with Gasteiger partial charge in [0.15, 0.2) is 11.6 Å². The third-order valence-corrected chi connectivity index (χ3v) is 2.54. The van der Waals surface area contributed by atoms with Gasteiger partial charge in [0.2, 0.25) is 0 Å². The quantitative estimate of drug-likeness (QED) is 0.561.